The first kappa shape index (κ1) is 13.0. The van der Waals surface area contributed by atoms with Crippen LogP contribution < -0.4 is 5.43 Å². The van der Waals surface area contributed by atoms with Gasteiger partial charge in [0, 0.05) is 14.1 Å². The van der Waals surface area contributed by atoms with Gasteiger partial charge in [-0.2, -0.15) is 13.2 Å². The maximum Gasteiger partial charge on any atom is 0.390 e. The second-order valence-corrected chi connectivity index (χ2v) is 3.81. The standard InChI is InChI=1S/C11H15F3N2/c1-16(2)15-10(8-11(12,13)14)9-6-4-3-5-7-9/h3-7,10,15H,8H2,1-2H3. The summed E-state index contributed by atoms with van der Waals surface area (Å²) >= 11 is 0. The van der Waals surface area contributed by atoms with Gasteiger partial charge >= 0.3 is 6.18 Å². The van der Waals surface area contributed by atoms with Crippen molar-refractivity contribution in [2.45, 2.75) is 18.6 Å². The number of hydrogen-bond donors (Lipinski definition) is 1. The summed E-state index contributed by atoms with van der Waals surface area (Å²) in [5, 5.41) is 1.53. The van der Waals surface area contributed by atoms with Crippen molar-refractivity contribution in [1.29, 1.82) is 0 Å². The molecule has 1 aromatic rings. The van der Waals surface area contributed by atoms with Crippen molar-refractivity contribution in [3.05, 3.63) is 35.9 Å². The second kappa shape index (κ2) is 5.32. The normalized spacial score (nSPS) is 14.1. The molecule has 0 aromatic heterocycles. The lowest BCUT2D eigenvalue weighted by Crippen LogP contribution is -2.36. The number of alkyl halides is 3. The molecule has 0 aliphatic heterocycles. The van der Waals surface area contributed by atoms with Crippen LogP contribution in [0.3, 0.4) is 0 Å². The molecule has 1 unspecified atom stereocenters. The summed E-state index contributed by atoms with van der Waals surface area (Å²) in [7, 11) is 3.35. The molecule has 0 spiro atoms. The maximum atomic E-state index is 12.4. The third-order valence-electron chi connectivity index (χ3n) is 2.05. The fourth-order valence-electron chi connectivity index (χ4n) is 1.47. The number of hydrogen-bond acceptors (Lipinski definition) is 2. The molecule has 0 amide bonds. The molecule has 5 heteroatoms. The Morgan fingerprint density at radius 2 is 1.75 bits per heavy atom. The summed E-state index contributed by atoms with van der Waals surface area (Å²) in [5.74, 6) is 0. The Balaban J connectivity index is 2.80. The molecule has 16 heavy (non-hydrogen) atoms. The number of hydrazine groups is 1. The van der Waals surface area contributed by atoms with Gasteiger partial charge in [0.05, 0.1) is 12.5 Å². The fourth-order valence-corrected chi connectivity index (χ4v) is 1.47. The van der Waals surface area contributed by atoms with Crippen LogP contribution in [0.5, 0.6) is 0 Å². The van der Waals surface area contributed by atoms with E-state index >= 15 is 0 Å². The van der Waals surface area contributed by atoms with Crippen molar-refractivity contribution in [2.75, 3.05) is 14.1 Å². The predicted octanol–water partition coefficient (Wildman–Crippen LogP) is 2.75. The van der Waals surface area contributed by atoms with Crippen LogP contribution in [-0.4, -0.2) is 25.3 Å². The van der Waals surface area contributed by atoms with Crippen molar-refractivity contribution in [1.82, 2.24) is 10.4 Å². The van der Waals surface area contributed by atoms with E-state index in [1.165, 1.54) is 5.01 Å². The average Bonchev–Trinajstić information content (AvgIpc) is 2.15. The second-order valence-electron chi connectivity index (χ2n) is 3.81. The van der Waals surface area contributed by atoms with Crippen LogP contribution in [0.2, 0.25) is 0 Å². The van der Waals surface area contributed by atoms with Gasteiger partial charge in [-0.3, -0.25) is 5.01 Å². The first-order chi connectivity index (χ1) is 7.38. The quantitative estimate of drug-likeness (QED) is 0.803. The Kier molecular flexibility index (Phi) is 4.32. The van der Waals surface area contributed by atoms with Crippen LogP contribution in [0.25, 0.3) is 0 Å². The van der Waals surface area contributed by atoms with E-state index in [2.05, 4.69) is 5.43 Å². The first-order valence-electron chi connectivity index (χ1n) is 4.93. The van der Waals surface area contributed by atoms with Gasteiger partial charge in [-0.25, -0.2) is 5.43 Å². The van der Waals surface area contributed by atoms with E-state index in [0.29, 0.717) is 5.56 Å². The smallest absolute Gasteiger partial charge is 0.250 e. The van der Waals surface area contributed by atoms with E-state index in [1.807, 2.05) is 0 Å². The number of halogens is 3. The van der Waals surface area contributed by atoms with Crippen molar-refractivity contribution < 1.29 is 13.2 Å². The molecule has 0 bridgehead atoms. The number of nitrogens with one attached hydrogen (secondary N) is 1. The molecule has 1 rings (SSSR count). The molecule has 1 atom stereocenters. The number of nitrogens with zero attached hydrogens (tertiary/aromatic N) is 1. The maximum absolute atomic E-state index is 12.4. The molecule has 0 fully saturated rings. The Morgan fingerprint density at radius 1 is 1.19 bits per heavy atom. The van der Waals surface area contributed by atoms with E-state index in [0.717, 1.165) is 0 Å². The highest BCUT2D eigenvalue weighted by atomic mass is 19.4. The molecule has 0 saturated carbocycles. The van der Waals surface area contributed by atoms with E-state index in [-0.39, 0.29) is 0 Å². The third kappa shape index (κ3) is 4.63. The van der Waals surface area contributed by atoms with Crippen molar-refractivity contribution >= 4 is 0 Å². The molecule has 0 aliphatic rings. The zero-order chi connectivity index (χ0) is 12.2. The Labute approximate surface area is 93.0 Å². The van der Waals surface area contributed by atoms with Gasteiger partial charge in [-0.15, -0.1) is 0 Å². The van der Waals surface area contributed by atoms with Crippen LogP contribution in [0.15, 0.2) is 30.3 Å². The lowest BCUT2D eigenvalue weighted by Gasteiger charge is -2.24. The average molecular weight is 232 g/mol. The van der Waals surface area contributed by atoms with Crippen LogP contribution in [0, 0.1) is 0 Å². The molecule has 1 N–H and O–H groups in total. The molecule has 90 valence electrons. The van der Waals surface area contributed by atoms with Gasteiger partial charge in [0.25, 0.3) is 0 Å². The first-order valence-corrected chi connectivity index (χ1v) is 4.93. The molecule has 0 heterocycles. The minimum atomic E-state index is -4.18. The summed E-state index contributed by atoms with van der Waals surface area (Å²) in [4.78, 5) is 0. The van der Waals surface area contributed by atoms with Gasteiger partial charge in [0.15, 0.2) is 0 Å². The van der Waals surface area contributed by atoms with Crippen LogP contribution in [-0.2, 0) is 0 Å². The molecular weight excluding hydrogens is 217 g/mol. The van der Waals surface area contributed by atoms with Gasteiger partial charge < -0.3 is 0 Å². The van der Waals surface area contributed by atoms with E-state index in [9.17, 15) is 13.2 Å². The molecule has 2 nitrogen and oxygen atoms in total. The highest BCUT2D eigenvalue weighted by molar-refractivity contribution is 5.18. The lowest BCUT2D eigenvalue weighted by molar-refractivity contribution is -0.143. The van der Waals surface area contributed by atoms with Gasteiger partial charge in [0.1, 0.15) is 0 Å². The van der Waals surface area contributed by atoms with Crippen LogP contribution >= 0.6 is 0 Å². The van der Waals surface area contributed by atoms with Crippen molar-refractivity contribution in [3.8, 4) is 0 Å². The Hall–Kier alpha value is -1.07. The number of benzene rings is 1. The summed E-state index contributed by atoms with van der Waals surface area (Å²) in [6.07, 6.45) is -5.06. The lowest BCUT2D eigenvalue weighted by atomic mass is 10.0. The zero-order valence-electron chi connectivity index (χ0n) is 9.25. The summed E-state index contributed by atoms with van der Waals surface area (Å²) < 4.78 is 37.1. The van der Waals surface area contributed by atoms with E-state index < -0.39 is 18.6 Å². The van der Waals surface area contributed by atoms with Gasteiger partial charge in [0.2, 0.25) is 0 Å². The minimum absolute atomic E-state index is 0.633. The fraction of sp³-hybridized carbons (Fsp3) is 0.455. The van der Waals surface area contributed by atoms with Crippen LogP contribution in [0.4, 0.5) is 13.2 Å². The Bertz CT molecular complexity index is 309. The predicted molar refractivity (Wildman–Crippen MR) is 56.7 cm³/mol. The summed E-state index contributed by atoms with van der Waals surface area (Å²) in [6.45, 7) is 0. The zero-order valence-corrected chi connectivity index (χ0v) is 9.25. The summed E-state index contributed by atoms with van der Waals surface area (Å²) in [5.41, 5.74) is 3.40. The third-order valence-corrected chi connectivity index (χ3v) is 2.05. The molecule has 0 aliphatic carbocycles. The van der Waals surface area contributed by atoms with E-state index in [1.54, 1.807) is 44.4 Å². The summed E-state index contributed by atoms with van der Waals surface area (Å²) in [6, 6.07) is 7.88. The molecule has 1 aromatic carbocycles. The van der Waals surface area contributed by atoms with Crippen molar-refractivity contribution in [3.63, 3.8) is 0 Å². The number of rotatable bonds is 4. The van der Waals surface area contributed by atoms with Gasteiger partial charge in [-0.1, -0.05) is 30.3 Å². The van der Waals surface area contributed by atoms with Gasteiger partial charge in [-0.05, 0) is 5.56 Å². The Morgan fingerprint density at radius 3 is 2.19 bits per heavy atom. The minimum Gasteiger partial charge on any atom is -0.250 e. The topological polar surface area (TPSA) is 15.3 Å². The molecular formula is C11H15F3N2. The SMILES string of the molecule is CN(C)NC(CC(F)(F)F)c1ccccc1. The highest BCUT2D eigenvalue weighted by Gasteiger charge is 2.32. The molecule has 0 saturated heterocycles. The monoisotopic (exact) mass is 232 g/mol. The largest absolute Gasteiger partial charge is 0.390 e. The molecule has 0 radical (unpaired) electrons. The van der Waals surface area contributed by atoms with Crippen LogP contribution in [0.1, 0.15) is 18.0 Å². The van der Waals surface area contributed by atoms with E-state index in [4.69, 9.17) is 0 Å². The highest BCUT2D eigenvalue weighted by Crippen LogP contribution is 2.29. The van der Waals surface area contributed by atoms with Crippen molar-refractivity contribution in [2.24, 2.45) is 0 Å².